The molecule has 0 fully saturated rings. The Morgan fingerprint density at radius 2 is 2.12 bits per heavy atom. The van der Waals surface area contributed by atoms with Gasteiger partial charge in [0, 0.05) is 10.6 Å². The van der Waals surface area contributed by atoms with E-state index in [4.69, 9.17) is 16.3 Å². The zero-order valence-corrected chi connectivity index (χ0v) is 11.2. The molecule has 17 heavy (non-hydrogen) atoms. The number of nitrogens with one attached hydrogen (secondary N) is 1. The fourth-order valence-electron chi connectivity index (χ4n) is 1.58. The molecule has 0 aromatic heterocycles. The van der Waals surface area contributed by atoms with Crippen LogP contribution in [-0.4, -0.2) is 19.3 Å². The fourth-order valence-corrected chi connectivity index (χ4v) is 1.76. The standard InChI is InChI=1S/C13H19ClFNO/c1-4-16-13(8-17-9(2)3)11-7-10(14)5-6-12(11)15/h5-7,9,13,16H,4,8H2,1-3H3. The average molecular weight is 260 g/mol. The van der Waals surface area contributed by atoms with Crippen molar-refractivity contribution in [3.05, 3.63) is 34.6 Å². The highest BCUT2D eigenvalue weighted by atomic mass is 35.5. The van der Waals surface area contributed by atoms with Gasteiger partial charge in [-0.15, -0.1) is 0 Å². The Morgan fingerprint density at radius 1 is 1.41 bits per heavy atom. The highest BCUT2D eigenvalue weighted by Crippen LogP contribution is 2.22. The Morgan fingerprint density at radius 3 is 2.71 bits per heavy atom. The van der Waals surface area contributed by atoms with Crippen molar-refractivity contribution in [2.75, 3.05) is 13.2 Å². The maximum atomic E-state index is 13.7. The number of hydrogen-bond donors (Lipinski definition) is 1. The highest BCUT2D eigenvalue weighted by molar-refractivity contribution is 6.30. The second-order valence-electron chi connectivity index (χ2n) is 4.16. The van der Waals surface area contributed by atoms with Crippen LogP contribution in [0.3, 0.4) is 0 Å². The van der Waals surface area contributed by atoms with Gasteiger partial charge in [-0.05, 0) is 38.6 Å². The number of halogens is 2. The predicted molar refractivity (Wildman–Crippen MR) is 68.9 cm³/mol. The normalized spacial score (nSPS) is 13.1. The molecule has 1 N–H and O–H groups in total. The van der Waals surface area contributed by atoms with Crippen LogP contribution in [0, 0.1) is 5.82 Å². The molecule has 1 atom stereocenters. The average Bonchev–Trinajstić information content (AvgIpc) is 2.27. The van der Waals surface area contributed by atoms with Gasteiger partial charge in [0.1, 0.15) is 5.82 Å². The van der Waals surface area contributed by atoms with Crippen molar-refractivity contribution < 1.29 is 9.13 Å². The van der Waals surface area contributed by atoms with E-state index in [1.165, 1.54) is 6.07 Å². The molecule has 1 rings (SSSR count). The monoisotopic (exact) mass is 259 g/mol. The van der Waals surface area contributed by atoms with Crippen LogP contribution in [0.2, 0.25) is 5.02 Å². The van der Waals surface area contributed by atoms with Gasteiger partial charge in [-0.1, -0.05) is 18.5 Å². The topological polar surface area (TPSA) is 21.3 Å². The molecule has 4 heteroatoms. The second-order valence-corrected chi connectivity index (χ2v) is 4.59. The van der Waals surface area contributed by atoms with Crippen molar-refractivity contribution in [1.29, 1.82) is 0 Å². The van der Waals surface area contributed by atoms with E-state index in [9.17, 15) is 4.39 Å². The van der Waals surface area contributed by atoms with E-state index in [0.29, 0.717) is 17.2 Å². The van der Waals surface area contributed by atoms with E-state index < -0.39 is 0 Å². The minimum atomic E-state index is -0.257. The van der Waals surface area contributed by atoms with E-state index in [1.807, 2.05) is 20.8 Å². The minimum absolute atomic E-state index is 0.124. The van der Waals surface area contributed by atoms with Crippen LogP contribution in [0.25, 0.3) is 0 Å². The first-order valence-electron chi connectivity index (χ1n) is 5.84. The fraction of sp³-hybridized carbons (Fsp3) is 0.538. The summed E-state index contributed by atoms with van der Waals surface area (Å²) in [5.41, 5.74) is 0.556. The van der Waals surface area contributed by atoms with Crippen LogP contribution in [-0.2, 0) is 4.74 Å². The summed E-state index contributed by atoms with van der Waals surface area (Å²) in [4.78, 5) is 0. The zero-order chi connectivity index (χ0) is 12.8. The minimum Gasteiger partial charge on any atom is -0.377 e. The van der Waals surface area contributed by atoms with Gasteiger partial charge in [-0.3, -0.25) is 0 Å². The molecule has 0 saturated carbocycles. The summed E-state index contributed by atoms with van der Waals surface area (Å²) >= 11 is 5.89. The summed E-state index contributed by atoms with van der Waals surface area (Å²) in [5, 5.41) is 3.73. The van der Waals surface area contributed by atoms with Crippen LogP contribution in [0.5, 0.6) is 0 Å². The molecule has 0 amide bonds. The van der Waals surface area contributed by atoms with E-state index in [1.54, 1.807) is 12.1 Å². The molecule has 0 aliphatic carbocycles. The molecular formula is C13H19ClFNO. The van der Waals surface area contributed by atoms with E-state index in [0.717, 1.165) is 6.54 Å². The largest absolute Gasteiger partial charge is 0.377 e. The molecule has 0 saturated heterocycles. The summed E-state index contributed by atoms with van der Waals surface area (Å²) in [6, 6.07) is 4.42. The van der Waals surface area contributed by atoms with Gasteiger partial charge < -0.3 is 10.1 Å². The molecule has 0 radical (unpaired) electrons. The van der Waals surface area contributed by atoms with Crippen molar-refractivity contribution >= 4 is 11.6 Å². The van der Waals surface area contributed by atoms with Gasteiger partial charge in [-0.2, -0.15) is 0 Å². The van der Waals surface area contributed by atoms with Crippen molar-refractivity contribution in [3.63, 3.8) is 0 Å². The Labute approximate surface area is 107 Å². The number of hydrogen-bond acceptors (Lipinski definition) is 2. The molecule has 1 unspecified atom stereocenters. The van der Waals surface area contributed by atoms with Crippen LogP contribution >= 0.6 is 11.6 Å². The quantitative estimate of drug-likeness (QED) is 0.844. The number of likely N-dealkylation sites (N-methyl/N-ethyl adjacent to an activating group) is 1. The van der Waals surface area contributed by atoms with E-state index in [-0.39, 0.29) is 18.0 Å². The van der Waals surface area contributed by atoms with Crippen LogP contribution in [0.4, 0.5) is 4.39 Å². The van der Waals surface area contributed by atoms with Crippen LogP contribution in [0.15, 0.2) is 18.2 Å². The Bertz CT molecular complexity index is 357. The maximum absolute atomic E-state index is 13.7. The first-order valence-corrected chi connectivity index (χ1v) is 6.22. The Kier molecular flexibility index (Phi) is 5.89. The number of benzene rings is 1. The third-order valence-electron chi connectivity index (χ3n) is 2.38. The molecule has 0 aliphatic heterocycles. The summed E-state index contributed by atoms with van der Waals surface area (Å²) in [6.07, 6.45) is 0.124. The van der Waals surface area contributed by atoms with Gasteiger partial charge in [0.25, 0.3) is 0 Å². The number of ether oxygens (including phenoxy) is 1. The van der Waals surface area contributed by atoms with Gasteiger partial charge >= 0.3 is 0 Å². The first kappa shape index (κ1) is 14.4. The summed E-state index contributed by atoms with van der Waals surface area (Å²) < 4.78 is 19.2. The van der Waals surface area contributed by atoms with Gasteiger partial charge in [0.2, 0.25) is 0 Å². The van der Waals surface area contributed by atoms with E-state index in [2.05, 4.69) is 5.32 Å². The lowest BCUT2D eigenvalue weighted by atomic mass is 10.1. The molecule has 2 nitrogen and oxygen atoms in total. The maximum Gasteiger partial charge on any atom is 0.128 e. The summed E-state index contributed by atoms with van der Waals surface area (Å²) in [5.74, 6) is -0.257. The molecule has 1 aromatic carbocycles. The van der Waals surface area contributed by atoms with Gasteiger partial charge in [-0.25, -0.2) is 4.39 Å². The number of rotatable bonds is 6. The van der Waals surface area contributed by atoms with Crippen LogP contribution < -0.4 is 5.32 Å². The molecule has 0 spiro atoms. The lowest BCUT2D eigenvalue weighted by Gasteiger charge is -2.20. The second kappa shape index (κ2) is 6.94. The molecule has 0 heterocycles. The third-order valence-corrected chi connectivity index (χ3v) is 2.62. The molecule has 1 aromatic rings. The van der Waals surface area contributed by atoms with Crippen molar-refractivity contribution in [2.24, 2.45) is 0 Å². The zero-order valence-electron chi connectivity index (χ0n) is 10.5. The van der Waals surface area contributed by atoms with E-state index >= 15 is 0 Å². The van der Waals surface area contributed by atoms with Crippen molar-refractivity contribution in [2.45, 2.75) is 32.9 Å². The lowest BCUT2D eigenvalue weighted by Crippen LogP contribution is -2.27. The van der Waals surface area contributed by atoms with Gasteiger partial charge in [0.15, 0.2) is 0 Å². The summed E-state index contributed by atoms with van der Waals surface area (Å²) in [6.45, 7) is 7.07. The molecular weight excluding hydrogens is 241 g/mol. The van der Waals surface area contributed by atoms with Gasteiger partial charge in [0.05, 0.1) is 18.8 Å². The lowest BCUT2D eigenvalue weighted by molar-refractivity contribution is 0.0607. The highest BCUT2D eigenvalue weighted by Gasteiger charge is 2.16. The Balaban J connectivity index is 2.84. The molecule has 96 valence electrons. The molecule has 0 bridgehead atoms. The van der Waals surface area contributed by atoms with Crippen molar-refractivity contribution in [1.82, 2.24) is 5.32 Å². The predicted octanol–water partition coefficient (Wildman–Crippen LogP) is 3.55. The summed E-state index contributed by atoms with van der Waals surface area (Å²) in [7, 11) is 0. The SMILES string of the molecule is CCNC(COC(C)C)c1cc(Cl)ccc1F. The van der Waals surface area contributed by atoms with Crippen LogP contribution in [0.1, 0.15) is 32.4 Å². The van der Waals surface area contributed by atoms with Crippen molar-refractivity contribution in [3.8, 4) is 0 Å². The third kappa shape index (κ3) is 4.62. The Hall–Kier alpha value is -0.640. The molecule has 0 aliphatic rings. The smallest absolute Gasteiger partial charge is 0.128 e. The first-order chi connectivity index (χ1) is 8.04.